The van der Waals surface area contributed by atoms with E-state index >= 15 is 0 Å². The van der Waals surface area contributed by atoms with Crippen molar-refractivity contribution >= 4 is 0 Å². The Morgan fingerprint density at radius 2 is 2.38 bits per heavy atom. The number of hydrogen-bond donors (Lipinski definition) is 1. The van der Waals surface area contributed by atoms with Gasteiger partial charge in [0.1, 0.15) is 6.17 Å². The van der Waals surface area contributed by atoms with E-state index in [1.165, 1.54) is 6.42 Å². The minimum Gasteiger partial charge on any atom is -0.311 e. The molecule has 0 radical (unpaired) electrons. The first-order valence-electron chi connectivity index (χ1n) is 5.11. The zero-order valence-corrected chi connectivity index (χ0v) is 8.28. The summed E-state index contributed by atoms with van der Waals surface area (Å²) in [7, 11) is 0. The summed E-state index contributed by atoms with van der Waals surface area (Å²) >= 11 is 0. The maximum atomic E-state index is 13.5. The molecule has 1 saturated heterocycles. The van der Waals surface area contributed by atoms with Gasteiger partial charge in [-0.25, -0.2) is 4.39 Å². The van der Waals surface area contributed by atoms with Gasteiger partial charge in [-0.2, -0.15) is 0 Å². The Balaban J connectivity index is 2.19. The SMILES string of the molecule is CC#CCCC(F)C1CCCCN1. The molecule has 0 aliphatic carbocycles. The molecule has 0 saturated carbocycles. The Hall–Kier alpha value is -0.550. The van der Waals surface area contributed by atoms with E-state index in [1.54, 1.807) is 6.92 Å². The second-order valence-corrected chi connectivity index (χ2v) is 3.54. The minimum absolute atomic E-state index is 0.0902. The molecule has 13 heavy (non-hydrogen) atoms. The molecule has 2 heteroatoms. The number of alkyl halides is 1. The summed E-state index contributed by atoms with van der Waals surface area (Å²) in [6, 6.07) is 0.0902. The molecule has 2 unspecified atom stereocenters. The van der Waals surface area contributed by atoms with Crippen molar-refractivity contribution in [3.8, 4) is 11.8 Å². The van der Waals surface area contributed by atoms with E-state index in [0.717, 1.165) is 19.4 Å². The van der Waals surface area contributed by atoms with Crippen LogP contribution in [0.25, 0.3) is 0 Å². The third-order valence-corrected chi connectivity index (χ3v) is 2.51. The maximum Gasteiger partial charge on any atom is 0.116 e. The van der Waals surface area contributed by atoms with Gasteiger partial charge >= 0.3 is 0 Å². The average Bonchev–Trinajstić information content (AvgIpc) is 2.19. The molecule has 1 aliphatic rings. The van der Waals surface area contributed by atoms with E-state index in [2.05, 4.69) is 17.2 Å². The van der Waals surface area contributed by atoms with Gasteiger partial charge in [0.2, 0.25) is 0 Å². The minimum atomic E-state index is -0.707. The van der Waals surface area contributed by atoms with Gasteiger partial charge in [0.15, 0.2) is 0 Å². The molecular formula is C11H18FN. The summed E-state index contributed by atoms with van der Waals surface area (Å²) in [5.74, 6) is 5.69. The van der Waals surface area contributed by atoms with Gasteiger partial charge < -0.3 is 5.32 Å². The third kappa shape index (κ3) is 3.78. The number of nitrogens with one attached hydrogen (secondary N) is 1. The van der Waals surface area contributed by atoms with Gasteiger partial charge in [0.25, 0.3) is 0 Å². The van der Waals surface area contributed by atoms with Gasteiger partial charge in [0, 0.05) is 12.5 Å². The number of hydrogen-bond acceptors (Lipinski definition) is 1. The summed E-state index contributed by atoms with van der Waals surface area (Å²) < 4.78 is 13.5. The molecular weight excluding hydrogens is 165 g/mol. The van der Waals surface area contributed by atoms with Gasteiger partial charge in [-0.3, -0.25) is 0 Å². The Morgan fingerprint density at radius 1 is 1.54 bits per heavy atom. The van der Waals surface area contributed by atoms with Crippen LogP contribution in [0.15, 0.2) is 0 Å². The van der Waals surface area contributed by atoms with Crippen molar-refractivity contribution < 1.29 is 4.39 Å². The molecule has 0 aromatic rings. The Bertz CT molecular complexity index is 186. The predicted octanol–water partition coefficient (Wildman–Crippen LogP) is 2.27. The van der Waals surface area contributed by atoms with Crippen molar-refractivity contribution in [1.82, 2.24) is 5.32 Å². The van der Waals surface area contributed by atoms with Crippen molar-refractivity contribution in [3.05, 3.63) is 0 Å². The zero-order valence-electron chi connectivity index (χ0n) is 8.28. The second-order valence-electron chi connectivity index (χ2n) is 3.54. The van der Waals surface area contributed by atoms with E-state index in [-0.39, 0.29) is 6.04 Å². The monoisotopic (exact) mass is 183 g/mol. The van der Waals surface area contributed by atoms with E-state index in [9.17, 15) is 4.39 Å². The van der Waals surface area contributed by atoms with Crippen LogP contribution in [0.5, 0.6) is 0 Å². The van der Waals surface area contributed by atoms with Crippen LogP contribution in [0.4, 0.5) is 4.39 Å². The van der Waals surface area contributed by atoms with Crippen LogP contribution >= 0.6 is 0 Å². The highest BCUT2D eigenvalue weighted by Gasteiger charge is 2.21. The van der Waals surface area contributed by atoms with E-state index in [0.29, 0.717) is 12.8 Å². The van der Waals surface area contributed by atoms with Gasteiger partial charge in [-0.1, -0.05) is 6.42 Å². The lowest BCUT2D eigenvalue weighted by Gasteiger charge is -2.26. The standard InChI is InChI=1S/C11H18FN/c1-2-3-4-7-10(12)11-8-5-6-9-13-11/h10-11,13H,4-9H2,1H3. The summed E-state index contributed by atoms with van der Waals surface area (Å²) in [6.07, 6.45) is 3.91. The summed E-state index contributed by atoms with van der Waals surface area (Å²) in [5.41, 5.74) is 0. The van der Waals surface area contributed by atoms with Crippen molar-refractivity contribution in [3.63, 3.8) is 0 Å². The number of rotatable bonds is 3. The highest BCUT2D eigenvalue weighted by atomic mass is 19.1. The van der Waals surface area contributed by atoms with E-state index in [1.807, 2.05) is 0 Å². The fourth-order valence-corrected chi connectivity index (χ4v) is 1.72. The predicted molar refractivity (Wildman–Crippen MR) is 53.2 cm³/mol. The highest BCUT2D eigenvalue weighted by Crippen LogP contribution is 2.16. The van der Waals surface area contributed by atoms with Gasteiger partial charge in [-0.05, 0) is 32.7 Å². The second kappa shape index (κ2) is 5.99. The van der Waals surface area contributed by atoms with Crippen LogP contribution in [-0.2, 0) is 0 Å². The fraction of sp³-hybridized carbons (Fsp3) is 0.818. The molecule has 0 amide bonds. The zero-order chi connectivity index (χ0) is 9.52. The Kier molecular flexibility index (Phi) is 4.85. The lowest BCUT2D eigenvalue weighted by Crippen LogP contribution is -2.41. The fourth-order valence-electron chi connectivity index (χ4n) is 1.72. The number of halogens is 1. The average molecular weight is 183 g/mol. The van der Waals surface area contributed by atoms with Crippen LogP contribution in [0.3, 0.4) is 0 Å². The van der Waals surface area contributed by atoms with E-state index in [4.69, 9.17) is 0 Å². The van der Waals surface area contributed by atoms with Crippen LogP contribution in [-0.4, -0.2) is 18.8 Å². The Morgan fingerprint density at radius 3 is 3.00 bits per heavy atom. The van der Waals surface area contributed by atoms with Crippen LogP contribution < -0.4 is 5.32 Å². The summed E-state index contributed by atoms with van der Waals surface area (Å²) in [4.78, 5) is 0. The van der Waals surface area contributed by atoms with Crippen molar-refractivity contribution in [1.29, 1.82) is 0 Å². The van der Waals surface area contributed by atoms with Gasteiger partial charge in [0.05, 0.1) is 0 Å². The van der Waals surface area contributed by atoms with Crippen LogP contribution in [0.2, 0.25) is 0 Å². The molecule has 1 rings (SSSR count). The molecule has 1 nitrogen and oxygen atoms in total. The molecule has 1 N–H and O–H groups in total. The van der Waals surface area contributed by atoms with E-state index < -0.39 is 6.17 Å². The first-order valence-corrected chi connectivity index (χ1v) is 5.11. The van der Waals surface area contributed by atoms with Crippen LogP contribution in [0, 0.1) is 11.8 Å². The lowest BCUT2D eigenvalue weighted by atomic mass is 9.98. The molecule has 0 spiro atoms. The third-order valence-electron chi connectivity index (χ3n) is 2.51. The molecule has 2 atom stereocenters. The molecule has 1 aliphatic heterocycles. The highest BCUT2D eigenvalue weighted by molar-refractivity contribution is 4.96. The molecule has 0 bridgehead atoms. The summed E-state index contributed by atoms with van der Waals surface area (Å²) in [6.45, 7) is 2.77. The Labute approximate surface area is 80.1 Å². The normalized spacial score (nSPS) is 24.6. The van der Waals surface area contributed by atoms with Crippen molar-refractivity contribution in [2.75, 3.05) is 6.54 Å². The quantitative estimate of drug-likeness (QED) is 0.662. The molecule has 74 valence electrons. The largest absolute Gasteiger partial charge is 0.311 e. The lowest BCUT2D eigenvalue weighted by molar-refractivity contribution is 0.208. The topological polar surface area (TPSA) is 12.0 Å². The first-order chi connectivity index (χ1) is 6.34. The van der Waals surface area contributed by atoms with Crippen molar-refractivity contribution in [2.45, 2.75) is 51.2 Å². The molecule has 1 fully saturated rings. The van der Waals surface area contributed by atoms with Crippen LogP contribution in [0.1, 0.15) is 39.0 Å². The summed E-state index contributed by atoms with van der Waals surface area (Å²) in [5, 5.41) is 3.22. The molecule has 1 heterocycles. The smallest absolute Gasteiger partial charge is 0.116 e. The van der Waals surface area contributed by atoms with Gasteiger partial charge in [-0.15, -0.1) is 11.8 Å². The first kappa shape index (κ1) is 10.5. The van der Waals surface area contributed by atoms with Crippen molar-refractivity contribution in [2.24, 2.45) is 0 Å². The molecule has 0 aromatic carbocycles. The number of piperidine rings is 1. The maximum absolute atomic E-state index is 13.5. The molecule has 0 aromatic heterocycles.